The predicted molar refractivity (Wildman–Crippen MR) is 54.0 cm³/mol. The fraction of sp³-hybridized carbons (Fsp3) is 0.364. The molecule has 1 heterocycles. The second-order valence-electron chi connectivity index (χ2n) is 4.04. The molecule has 92 valence electrons. The first-order chi connectivity index (χ1) is 7.84. The molecule has 0 atom stereocenters. The van der Waals surface area contributed by atoms with Crippen molar-refractivity contribution in [2.75, 3.05) is 6.54 Å². The largest absolute Gasteiger partial charge is 0.378 e. The number of hydrogen-bond acceptors (Lipinski definition) is 3. The van der Waals surface area contributed by atoms with E-state index in [0.29, 0.717) is 5.56 Å². The van der Waals surface area contributed by atoms with E-state index >= 15 is 0 Å². The van der Waals surface area contributed by atoms with Crippen molar-refractivity contribution in [3.05, 3.63) is 35.9 Å². The number of halogens is 2. The van der Waals surface area contributed by atoms with Crippen LogP contribution in [0.15, 0.2) is 30.3 Å². The molecule has 1 fully saturated rings. The third-order valence-corrected chi connectivity index (χ3v) is 2.69. The average molecular weight is 243 g/mol. The summed E-state index contributed by atoms with van der Waals surface area (Å²) in [6.07, 6.45) is 0. The molecule has 1 saturated heterocycles. The highest BCUT2D eigenvalue weighted by Gasteiger charge is 2.66. The number of nitrogens with zero attached hydrogens (tertiary/aromatic N) is 1. The minimum atomic E-state index is -4.15. The maximum Gasteiger partial charge on any atom is 0.378 e. The number of β-amino-alcohol motifs (C(OH)–C–C–N with tert-alkyl or cyclic N) is 2. The third kappa shape index (κ3) is 1.89. The van der Waals surface area contributed by atoms with Crippen molar-refractivity contribution >= 4 is 5.91 Å². The minimum absolute atomic E-state index is 0.0713. The van der Waals surface area contributed by atoms with Gasteiger partial charge in [-0.1, -0.05) is 30.3 Å². The highest BCUT2D eigenvalue weighted by molar-refractivity contribution is 5.87. The van der Waals surface area contributed by atoms with Crippen LogP contribution in [0, 0.1) is 0 Å². The number of amides is 1. The van der Waals surface area contributed by atoms with Gasteiger partial charge in [0.15, 0.2) is 0 Å². The molecule has 17 heavy (non-hydrogen) atoms. The monoisotopic (exact) mass is 243 g/mol. The zero-order valence-electron chi connectivity index (χ0n) is 8.81. The number of carbonyl (C=O) groups excluding carboxylic acids is 1. The van der Waals surface area contributed by atoms with Gasteiger partial charge in [-0.3, -0.25) is 4.79 Å². The summed E-state index contributed by atoms with van der Waals surface area (Å²) in [5.74, 6) is -9.01. The van der Waals surface area contributed by atoms with Gasteiger partial charge in [0.25, 0.3) is 11.7 Å². The Balaban J connectivity index is 2.18. The van der Waals surface area contributed by atoms with Crippen molar-refractivity contribution in [3.63, 3.8) is 0 Å². The number of carbonyl (C=O) groups is 1. The van der Waals surface area contributed by atoms with E-state index in [4.69, 9.17) is 10.2 Å². The van der Waals surface area contributed by atoms with Crippen molar-refractivity contribution in [1.29, 1.82) is 0 Å². The van der Waals surface area contributed by atoms with Crippen molar-refractivity contribution in [2.45, 2.75) is 18.3 Å². The quantitative estimate of drug-likeness (QED) is 0.736. The smallest absolute Gasteiger partial charge is 0.359 e. The summed E-state index contributed by atoms with van der Waals surface area (Å²) in [5, 5.41) is 18.2. The molecule has 0 radical (unpaired) electrons. The van der Waals surface area contributed by atoms with E-state index in [-0.39, 0.29) is 6.54 Å². The highest BCUT2D eigenvalue weighted by atomic mass is 19.3. The zero-order chi connectivity index (χ0) is 12.7. The van der Waals surface area contributed by atoms with Crippen LogP contribution in [0.3, 0.4) is 0 Å². The second-order valence-corrected chi connectivity index (χ2v) is 4.04. The van der Waals surface area contributed by atoms with Crippen LogP contribution < -0.4 is 0 Å². The molecule has 4 nitrogen and oxygen atoms in total. The first-order valence-corrected chi connectivity index (χ1v) is 5.00. The molecule has 2 rings (SSSR count). The molecule has 0 unspecified atom stereocenters. The fourth-order valence-electron chi connectivity index (χ4n) is 1.74. The van der Waals surface area contributed by atoms with Gasteiger partial charge in [0, 0.05) is 6.54 Å². The van der Waals surface area contributed by atoms with Gasteiger partial charge >= 0.3 is 5.92 Å². The molecule has 0 saturated carbocycles. The number of likely N-dealkylation sites (tertiary alicyclic amines) is 1. The Morgan fingerprint density at radius 3 is 2.29 bits per heavy atom. The van der Waals surface area contributed by atoms with Crippen LogP contribution in [0.5, 0.6) is 0 Å². The summed E-state index contributed by atoms with van der Waals surface area (Å²) in [4.78, 5) is 12.0. The lowest BCUT2D eigenvalue weighted by Crippen LogP contribution is -2.48. The first-order valence-electron chi connectivity index (χ1n) is 5.00. The van der Waals surface area contributed by atoms with Gasteiger partial charge in [-0.25, -0.2) is 0 Å². The molecule has 0 aliphatic carbocycles. The maximum absolute atomic E-state index is 13.2. The number of aliphatic hydroxyl groups is 2. The Bertz CT molecular complexity index is 434. The topological polar surface area (TPSA) is 60.8 Å². The van der Waals surface area contributed by atoms with Crippen LogP contribution in [0.2, 0.25) is 0 Å². The lowest BCUT2D eigenvalue weighted by atomic mass is 10.2. The van der Waals surface area contributed by atoms with E-state index in [9.17, 15) is 13.6 Å². The molecule has 0 aromatic heterocycles. The Morgan fingerprint density at radius 1 is 1.24 bits per heavy atom. The molecule has 2 N–H and O–H groups in total. The standard InChI is InChI=1S/C11H11F2NO3/c12-11(13)9(15)14(7-10(11,16)17)6-8-4-2-1-3-5-8/h1-5,16-17H,6-7H2. The van der Waals surface area contributed by atoms with E-state index in [1.165, 1.54) is 0 Å². The Labute approximate surface area is 96.1 Å². The molecular weight excluding hydrogens is 232 g/mol. The van der Waals surface area contributed by atoms with Crippen molar-refractivity contribution in [1.82, 2.24) is 4.90 Å². The lowest BCUT2D eigenvalue weighted by Gasteiger charge is -2.19. The Hall–Kier alpha value is -1.53. The van der Waals surface area contributed by atoms with E-state index in [2.05, 4.69) is 0 Å². The summed E-state index contributed by atoms with van der Waals surface area (Å²) >= 11 is 0. The van der Waals surface area contributed by atoms with E-state index in [1.807, 2.05) is 0 Å². The van der Waals surface area contributed by atoms with E-state index in [1.54, 1.807) is 30.3 Å². The van der Waals surface area contributed by atoms with Crippen molar-refractivity contribution < 1.29 is 23.8 Å². The predicted octanol–water partition coefficient (Wildman–Crippen LogP) is 0.345. The molecule has 1 aromatic rings. The maximum atomic E-state index is 13.2. The third-order valence-electron chi connectivity index (χ3n) is 2.69. The van der Waals surface area contributed by atoms with Crippen LogP contribution >= 0.6 is 0 Å². The van der Waals surface area contributed by atoms with Crippen LogP contribution in [-0.2, 0) is 11.3 Å². The number of hydrogen-bond donors (Lipinski definition) is 2. The van der Waals surface area contributed by atoms with E-state index < -0.39 is 24.2 Å². The molecule has 1 amide bonds. The molecule has 0 bridgehead atoms. The summed E-state index contributed by atoms with van der Waals surface area (Å²) in [7, 11) is 0. The highest BCUT2D eigenvalue weighted by Crippen LogP contribution is 2.36. The minimum Gasteiger partial charge on any atom is -0.359 e. The van der Waals surface area contributed by atoms with E-state index in [0.717, 1.165) is 4.90 Å². The lowest BCUT2D eigenvalue weighted by molar-refractivity contribution is -0.260. The molecule has 1 aliphatic rings. The SMILES string of the molecule is O=C1N(Cc2ccccc2)CC(O)(O)C1(F)F. The van der Waals surface area contributed by atoms with Gasteiger partial charge in [-0.2, -0.15) is 8.78 Å². The van der Waals surface area contributed by atoms with Crippen LogP contribution in [-0.4, -0.2) is 39.3 Å². The molecular formula is C11H11F2NO3. The van der Waals surface area contributed by atoms with Gasteiger partial charge in [0.2, 0.25) is 0 Å². The summed E-state index contributed by atoms with van der Waals surface area (Å²) in [5.41, 5.74) is 0.648. The number of benzene rings is 1. The Morgan fingerprint density at radius 2 is 1.82 bits per heavy atom. The number of rotatable bonds is 2. The fourth-order valence-corrected chi connectivity index (χ4v) is 1.74. The van der Waals surface area contributed by atoms with Gasteiger partial charge in [-0.05, 0) is 5.56 Å². The van der Waals surface area contributed by atoms with Gasteiger partial charge < -0.3 is 15.1 Å². The molecule has 1 aliphatic heterocycles. The van der Waals surface area contributed by atoms with Crippen molar-refractivity contribution in [2.24, 2.45) is 0 Å². The zero-order valence-corrected chi connectivity index (χ0v) is 8.81. The van der Waals surface area contributed by atoms with Gasteiger partial charge in [0.05, 0.1) is 6.54 Å². The average Bonchev–Trinajstić information content (AvgIpc) is 2.41. The summed E-state index contributed by atoms with van der Waals surface area (Å²) < 4.78 is 26.4. The Kier molecular flexibility index (Phi) is 2.63. The first kappa shape index (κ1) is 11.9. The van der Waals surface area contributed by atoms with Crippen molar-refractivity contribution in [3.8, 4) is 0 Å². The normalized spacial score (nSPS) is 21.9. The van der Waals surface area contributed by atoms with Crippen LogP contribution in [0.1, 0.15) is 5.56 Å². The van der Waals surface area contributed by atoms with Gasteiger partial charge in [-0.15, -0.1) is 0 Å². The van der Waals surface area contributed by atoms with Crippen LogP contribution in [0.4, 0.5) is 8.78 Å². The molecule has 1 aromatic carbocycles. The molecule has 6 heteroatoms. The summed E-state index contributed by atoms with van der Waals surface area (Å²) in [6, 6.07) is 8.50. The number of alkyl halides is 2. The second kappa shape index (κ2) is 3.75. The summed E-state index contributed by atoms with van der Waals surface area (Å²) in [6.45, 7) is -0.869. The molecule has 0 spiro atoms. The van der Waals surface area contributed by atoms with Gasteiger partial charge in [0.1, 0.15) is 0 Å². The van der Waals surface area contributed by atoms with Crippen LogP contribution in [0.25, 0.3) is 0 Å².